The van der Waals surface area contributed by atoms with Crippen molar-refractivity contribution in [3.8, 4) is 17.0 Å². The summed E-state index contributed by atoms with van der Waals surface area (Å²) in [4.78, 5) is 15.3. The minimum absolute atomic E-state index is 0.228. The molecule has 32 heavy (non-hydrogen) atoms. The van der Waals surface area contributed by atoms with Crippen LogP contribution in [0.1, 0.15) is 25.5 Å². The van der Waals surface area contributed by atoms with E-state index in [1.54, 1.807) is 6.92 Å². The number of amides is 1. The van der Waals surface area contributed by atoms with Gasteiger partial charge in [0.2, 0.25) is 11.9 Å². The second-order valence-electron chi connectivity index (χ2n) is 6.54. The van der Waals surface area contributed by atoms with Crippen molar-refractivity contribution in [3.63, 3.8) is 0 Å². The number of pyridine rings is 1. The third-order valence-corrected chi connectivity index (χ3v) is 4.18. The lowest BCUT2D eigenvalue weighted by Gasteiger charge is -2.18. The number of imidazole rings is 1. The van der Waals surface area contributed by atoms with Crippen LogP contribution in [0.3, 0.4) is 0 Å². The Bertz CT molecular complexity index is 1170. The molecule has 0 aliphatic heterocycles. The summed E-state index contributed by atoms with van der Waals surface area (Å²) < 4.78 is 113. The van der Waals surface area contributed by atoms with E-state index >= 15 is 0 Å². The summed E-state index contributed by atoms with van der Waals surface area (Å²) >= 11 is 0. The first-order valence-corrected chi connectivity index (χ1v) is 8.95. The quantitative estimate of drug-likeness (QED) is 0.305. The molecule has 0 fully saturated rings. The Hall–Kier alpha value is -3.38. The first kappa shape index (κ1) is 23.3. The van der Waals surface area contributed by atoms with Gasteiger partial charge in [-0.05, 0) is 36.8 Å². The minimum atomic E-state index is -5.23. The third-order valence-electron chi connectivity index (χ3n) is 4.18. The van der Waals surface area contributed by atoms with Crippen molar-refractivity contribution in [2.24, 2.45) is 0 Å². The molecule has 0 bridgehead atoms. The zero-order valence-electron chi connectivity index (χ0n) is 16.0. The summed E-state index contributed by atoms with van der Waals surface area (Å²) in [6.45, 7) is 1.56. The highest BCUT2D eigenvalue weighted by Crippen LogP contribution is 2.37. The number of alkyl halides is 5. The van der Waals surface area contributed by atoms with E-state index in [-0.39, 0.29) is 12.8 Å². The van der Waals surface area contributed by atoms with E-state index in [0.717, 1.165) is 12.1 Å². The summed E-state index contributed by atoms with van der Waals surface area (Å²) in [5.41, 5.74) is -3.24. The predicted octanol–water partition coefficient (Wildman–Crippen LogP) is 5.28. The Morgan fingerprint density at radius 1 is 1.06 bits per heavy atom. The van der Waals surface area contributed by atoms with Crippen LogP contribution in [-0.4, -0.2) is 21.7 Å². The number of ether oxygens (including phenoxy) is 1. The van der Waals surface area contributed by atoms with Crippen molar-refractivity contribution in [3.05, 3.63) is 53.6 Å². The van der Waals surface area contributed by atoms with Crippen LogP contribution in [0.5, 0.6) is 5.75 Å². The average molecular weight is 467 g/mol. The maximum Gasteiger partial charge on any atom is 0.573 e. The molecule has 172 valence electrons. The minimum Gasteiger partial charge on any atom is -0.403 e. The van der Waals surface area contributed by atoms with Gasteiger partial charge in [0.15, 0.2) is 23.1 Å². The summed E-state index contributed by atoms with van der Waals surface area (Å²) in [6.07, 6.45) is -5.28. The Kier molecular flexibility index (Phi) is 6.03. The second kappa shape index (κ2) is 8.28. The number of aromatic nitrogens is 2. The average Bonchev–Trinajstić information content (AvgIpc) is 3.06. The number of carbonyl (C=O) groups excluding carboxylic acids is 1. The largest absolute Gasteiger partial charge is 0.573 e. The molecule has 5 nitrogen and oxygen atoms in total. The fourth-order valence-corrected chi connectivity index (χ4v) is 2.94. The molecule has 3 aromatic rings. The number of benzene rings is 1. The van der Waals surface area contributed by atoms with Crippen LogP contribution in [0.25, 0.3) is 16.9 Å². The topological polar surface area (TPSA) is 55.6 Å². The Labute approximate surface area is 174 Å². The smallest absolute Gasteiger partial charge is 0.403 e. The molecule has 0 radical (unpaired) electrons. The van der Waals surface area contributed by atoms with Crippen LogP contribution in [-0.2, 0) is 10.8 Å². The zero-order valence-corrected chi connectivity index (χ0v) is 16.0. The van der Waals surface area contributed by atoms with Crippen LogP contribution in [0.15, 0.2) is 30.3 Å². The van der Waals surface area contributed by atoms with Crippen molar-refractivity contribution in [2.75, 3.05) is 0 Å². The van der Waals surface area contributed by atoms with Crippen LogP contribution in [0.4, 0.5) is 35.1 Å². The van der Waals surface area contributed by atoms with Crippen molar-refractivity contribution in [1.82, 2.24) is 14.7 Å². The number of rotatable bonds is 6. The molecule has 0 aliphatic rings. The van der Waals surface area contributed by atoms with Crippen LogP contribution >= 0.6 is 0 Å². The molecule has 1 amide bonds. The predicted molar refractivity (Wildman–Crippen MR) is 94.1 cm³/mol. The van der Waals surface area contributed by atoms with Crippen molar-refractivity contribution in [2.45, 2.75) is 32.2 Å². The fourth-order valence-electron chi connectivity index (χ4n) is 2.94. The molecular formula is C19H13F8N3O2. The van der Waals surface area contributed by atoms with Gasteiger partial charge in [0.05, 0.1) is 5.69 Å². The Morgan fingerprint density at radius 2 is 1.75 bits per heavy atom. The van der Waals surface area contributed by atoms with Gasteiger partial charge in [-0.2, -0.15) is 13.2 Å². The van der Waals surface area contributed by atoms with Gasteiger partial charge in [-0.25, -0.2) is 13.8 Å². The number of nitrogens with one attached hydrogen (secondary N) is 1. The van der Waals surface area contributed by atoms with Gasteiger partial charge in [-0.3, -0.25) is 14.5 Å². The van der Waals surface area contributed by atoms with Crippen LogP contribution < -0.4 is 10.1 Å². The maximum absolute atomic E-state index is 14.9. The molecular weight excluding hydrogens is 454 g/mol. The number of carbonyl (C=O) groups is 1. The van der Waals surface area contributed by atoms with Gasteiger partial charge >= 0.3 is 12.4 Å². The lowest BCUT2D eigenvalue weighted by atomic mass is 10.1. The molecule has 0 saturated heterocycles. The standard InChI is InChI=1S/C19H13F8N3O2/c1-2-3-14(31)29-18(23,24)16-15(30-13(28-16)7-5-10(20)17(30)22)9-4-6-12(11(21)8-9)32-19(25,26)27/h4-8H,2-3H2,1H3,(H,29,31). The molecule has 3 rings (SSSR count). The molecule has 0 spiro atoms. The summed E-state index contributed by atoms with van der Waals surface area (Å²) in [7, 11) is 0. The van der Waals surface area contributed by atoms with Gasteiger partial charge in [-0.15, -0.1) is 13.2 Å². The first-order valence-electron chi connectivity index (χ1n) is 8.95. The van der Waals surface area contributed by atoms with E-state index < -0.39 is 64.2 Å². The van der Waals surface area contributed by atoms with E-state index in [1.807, 2.05) is 0 Å². The van der Waals surface area contributed by atoms with Gasteiger partial charge in [-0.1, -0.05) is 6.92 Å². The van der Waals surface area contributed by atoms with Crippen LogP contribution in [0, 0.1) is 17.6 Å². The number of nitrogens with zero attached hydrogens (tertiary/aromatic N) is 2. The first-order chi connectivity index (χ1) is 14.8. The highest BCUT2D eigenvalue weighted by atomic mass is 19.4. The van der Waals surface area contributed by atoms with E-state index in [1.165, 1.54) is 5.32 Å². The summed E-state index contributed by atoms with van der Waals surface area (Å²) in [5, 5.41) is 1.40. The third kappa shape index (κ3) is 4.60. The SMILES string of the molecule is CCCC(=O)NC(F)(F)c1nc2ccc(F)c(F)n2c1-c1ccc(OC(F)(F)F)c(F)c1. The Morgan fingerprint density at radius 3 is 2.34 bits per heavy atom. The van der Waals surface area contributed by atoms with Gasteiger partial charge in [0, 0.05) is 12.0 Å². The molecule has 0 aliphatic carbocycles. The summed E-state index contributed by atoms with van der Waals surface area (Å²) in [6, 6.07) is -1.18. The molecule has 0 atom stereocenters. The lowest BCUT2D eigenvalue weighted by Crippen LogP contribution is -2.39. The highest BCUT2D eigenvalue weighted by Gasteiger charge is 2.41. The van der Waals surface area contributed by atoms with E-state index in [4.69, 9.17) is 0 Å². The molecule has 2 heterocycles. The van der Waals surface area contributed by atoms with Crippen molar-refractivity contribution in [1.29, 1.82) is 0 Å². The van der Waals surface area contributed by atoms with Crippen molar-refractivity contribution < 1.29 is 44.7 Å². The van der Waals surface area contributed by atoms with Crippen molar-refractivity contribution >= 4 is 11.6 Å². The second-order valence-corrected chi connectivity index (χ2v) is 6.54. The number of halogens is 8. The lowest BCUT2D eigenvalue weighted by molar-refractivity contribution is -0.275. The molecule has 0 unspecified atom stereocenters. The van der Waals surface area contributed by atoms with E-state index in [0.29, 0.717) is 22.6 Å². The zero-order chi connectivity index (χ0) is 23.8. The maximum atomic E-state index is 14.9. The molecule has 1 aromatic carbocycles. The monoisotopic (exact) mass is 467 g/mol. The van der Waals surface area contributed by atoms with E-state index in [2.05, 4.69) is 9.72 Å². The normalized spacial score (nSPS) is 12.3. The fraction of sp³-hybridized carbons (Fsp3) is 0.263. The number of hydrogen-bond donors (Lipinski definition) is 1. The van der Waals surface area contributed by atoms with Gasteiger partial charge in [0.1, 0.15) is 5.65 Å². The van der Waals surface area contributed by atoms with Gasteiger partial charge in [0.25, 0.3) is 0 Å². The highest BCUT2D eigenvalue weighted by molar-refractivity contribution is 5.77. The molecule has 13 heteroatoms. The molecule has 0 saturated carbocycles. The van der Waals surface area contributed by atoms with Gasteiger partial charge < -0.3 is 4.74 Å². The Balaban J connectivity index is 2.23. The van der Waals surface area contributed by atoms with E-state index in [9.17, 15) is 39.9 Å². The number of hydrogen-bond acceptors (Lipinski definition) is 3. The number of fused-ring (bicyclic) bond motifs is 1. The van der Waals surface area contributed by atoms with Crippen LogP contribution in [0.2, 0.25) is 0 Å². The molecule has 2 aromatic heterocycles. The summed E-state index contributed by atoms with van der Waals surface area (Å²) in [5.74, 6) is -7.09. The molecule has 1 N–H and O–H groups in total.